The van der Waals surface area contributed by atoms with Gasteiger partial charge in [0, 0.05) is 17.8 Å². The van der Waals surface area contributed by atoms with Gasteiger partial charge in [0.15, 0.2) is 0 Å². The third kappa shape index (κ3) is 6.30. The predicted molar refractivity (Wildman–Crippen MR) is 160 cm³/mol. The maximum atomic E-state index is 13.1. The van der Waals surface area contributed by atoms with Crippen LogP contribution in [0.15, 0.2) is 119 Å². The monoisotopic (exact) mass is 540 g/mol. The summed E-state index contributed by atoms with van der Waals surface area (Å²) in [4.78, 5) is 5.32. The summed E-state index contributed by atoms with van der Waals surface area (Å²) in [6.45, 7) is 1.95. The average Bonchev–Trinajstić information content (AvgIpc) is 2.95. The smallest absolute Gasteiger partial charge is 0.240 e. The van der Waals surface area contributed by atoms with E-state index in [1.807, 2.05) is 31.3 Å². The molecule has 1 aliphatic rings. The zero-order valence-electron chi connectivity index (χ0n) is 21.6. The van der Waals surface area contributed by atoms with Crippen molar-refractivity contribution in [3.8, 4) is 0 Å². The number of benzene rings is 4. The minimum absolute atomic E-state index is 0.100. The zero-order chi connectivity index (χ0) is 26.4. The Kier molecular flexibility index (Phi) is 8.48. The number of hydrogen-bond acceptors (Lipinski definition) is 3. The summed E-state index contributed by atoms with van der Waals surface area (Å²) in [5.74, 6) is 0. The average molecular weight is 541 g/mol. The Morgan fingerprint density at radius 1 is 0.763 bits per heavy atom. The van der Waals surface area contributed by atoms with Crippen molar-refractivity contribution in [3.05, 3.63) is 120 Å². The van der Waals surface area contributed by atoms with Crippen LogP contribution in [0.2, 0.25) is 0 Å². The van der Waals surface area contributed by atoms with Gasteiger partial charge in [0.2, 0.25) is 10.0 Å². The predicted octanol–water partition coefficient (Wildman–Crippen LogP) is 5.46. The van der Waals surface area contributed by atoms with Crippen LogP contribution in [0, 0.1) is 6.92 Å². The molecule has 0 aromatic heterocycles. The first kappa shape index (κ1) is 26.5. The number of aryl methyl sites for hydroxylation is 1. The molecule has 0 spiro atoms. The Hall–Kier alpha value is -3.11. The first-order valence-corrected chi connectivity index (χ1v) is 16.0. The third-order valence-corrected chi connectivity index (χ3v) is 11.0. The molecule has 6 heteroatoms. The molecule has 1 N–H and O–H groups in total. The summed E-state index contributed by atoms with van der Waals surface area (Å²) in [5.41, 5.74) is 2.12. The van der Waals surface area contributed by atoms with Crippen LogP contribution < -0.4 is 20.6 Å². The minimum atomic E-state index is -3.61. The molecule has 0 aliphatic heterocycles. The van der Waals surface area contributed by atoms with Crippen LogP contribution in [0.1, 0.15) is 36.8 Å². The number of hydrogen-bond donors (Lipinski definition) is 1. The van der Waals surface area contributed by atoms with Crippen LogP contribution in [-0.2, 0) is 10.0 Å². The highest BCUT2D eigenvalue weighted by Gasteiger charge is 2.29. The van der Waals surface area contributed by atoms with Gasteiger partial charge < -0.3 is 0 Å². The molecule has 1 fully saturated rings. The third-order valence-electron chi connectivity index (χ3n) is 6.98. The second kappa shape index (κ2) is 12.2. The van der Waals surface area contributed by atoms with Gasteiger partial charge in [-0.15, -0.1) is 0 Å². The molecule has 0 radical (unpaired) electrons. The molecule has 0 bridgehead atoms. The standard InChI is InChI=1S/C32H33N2O2PS/c1-25-20-22-29(23-21-25)38(35,36)34-31-18-10-9-17-30(31)33-24-26-12-8-11-19-32(26)37(27-13-4-2-5-14-27)28-15-6-3-7-16-28/h2-8,11-16,19-24,30-31,34H,9-10,17-18H2,1H3/t30-,31-/m1/s1. The fourth-order valence-corrected chi connectivity index (χ4v) is 8.69. The van der Waals surface area contributed by atoms with Gasteiger partial charge in [-0.1, -0.05) is 115 Å². The quantitative estimate of drug-likeness (QED) is 0.238. The molecule has 5 rings (SSSR count). The molecule has 0 unspecified atom stereocenters. The largest absolute Gasteiger partial charge is 0.288 e. The van der Waals surface area contributed by atoms with Crippen LogP contribution in [0.3, 0.4) is 0 Å². The Labute approximate surface area is 227 Å². The molecular weight excluding hydrogens is 507 g/mol. The number of aliphatic imine (C=N–C) groups is 1. The molecule has 4 nitrogen and oxygen atoms in total. The lowest BCUT2D eigenvalue weighted by molar-refractivity contribution is 0.363. The van der Waals surface area contributed by atoms with Crippen LogP contribution in [-0.4, -0.2) is 26.7 Å². The molecule has 194 valence electrons. The van der Waals surface area contributed by atoms with E-state index in [9.17, 15) is 8.42 Å². The second-order valence-corrected chi connectivity index (χ2v) is 13.6. The van der Waals surface area contributed by atoms with Crippen molar-refractivity contribution < 1.29 is 8.42 Å². The van der Waals surface area contributed by atoms with Gasteiger partial charge in [-0.2, -0.15) is 0 Å². The van der Waals surface area contributed by atoms with Crippen LogP contribution >= 0.6 is 7.92 Å². The minimum Gasteiger partial charge on any atom is -0.288 e. The Bertz CT molecular complexity index is 1430. The van der Waals surface area contributed by atoms with E-state index in [2.05, 4.69) is 83.6 Å². The lowest BCUT2D eigenvalue weighted by atomic mass is 9.91. The van der Waals surface area contributed by atoms with Crippen molar-refractivity contribution in [2.45, 2.75) is 49.6 Å². The normalized spacial score (nSPS) is 18.2. The highest BCUT2D eigenvalue weighted by atomic mass is 32.2. The van der Waals surface area contributed by atoms with E-state index >= 15 is 0 Å². The van der Waals surface area contributed by atoms with Crippen LogP contribution in [0.25, 0.3) is 0 Å². The molecule has 4 aromatic rings. The molecule has 1 aliphatic carbocycles. The van der Waals surface area contributed by atoms with Gasteiger partial charge >= 0.3 is 0 Å². The maximum absolute atomic E-state index is 13.1. The number of nitrogens with one attached hydrogen (secondary N) is 1. The van der Waals surface area contributed by atoms with Crippen molar-refractivity contribution >= 4 is 40.1 Å². The van der Waals surface area contributed by atoms with Crippen molar-refractivity contribution in [2.75, 3.05) is 0 Å². The molecule has 2 atom stereocenters. The molecule has 0 amide bonds. The van der Waals surface area contributed by atoms with Crippen molar-refractivity contribution in [1.82, 2.24) is 4.72 Å². The summed E-state index contributed by atoms with van der Waals surface area (Å²) in [5, 5.41) is 3.82. The Morgan fingerprint density at radius 2 is 1.34 bits per heavy atom. The van der Waals surface area contributed by atoms with E-state index in [0.717, 1.165) is 36.8 Å². The van der Waals surface area contributed by atoms with E-state index in [-0.39, 0.29) is 12.1 Å². The highest BCUT2D eigenvalue weighted by Crippen LogP contribution is 2.34. The van der Waals surface area contributed by atoms with Crippen LogP contribution in [0.5, 0.6) is 0 Å². The summed E-state index contributed by atoms with van der Waals surface area (Å²) in [7, 11) is -4.37. The van der Waals surface area contributed by atoms with Gasteiger partial charge in [-0.05, 0) is 55.7 Å². The first-order chi connectivity index (χ1) is 18.5. The summed E-state index contributed by atoms with van der Waals surface area (Å²) in [6.07, 6.45) is 5.67. The molecule has 4 aromatic carbocycles. The second-order valence-electron chi connectivity index (χ2n) is 9.74. The van der Waals surface area contributed by atoms with Gasteiger partial charge in [-0.25, -0.2) is 13.1 Å². The van der Waals surface area contributed by atoms with E-state index in [0.29, 0.717) is 4.90 Å². The molecule has 0 saturated heterocycles. The topological polar surface area (TPSA) is 58.5 Å². The van der Waals surface area contributed by atoms with Crippen molar-refractivity contribution in [2.24, 2.45) is 4.99 Å². The van der Waals surface area contributed by atoms with E-state index in [1.165, 1.54) is 15.9 Å². The first-order valence-electron chi connectivity index (χ1n) is 13.1. The van der Waals surface area contributed by atoms with E-state index < -0.39 is 17.9 Å². The van der Waals surface area contributed by atoms with Crippen molar-refractivity contribution in [1.29, 1.82) is 0 Å². The van der Waals surface area contributed by atoms with Gasteiger partial charge in [0.25, 0.3) is 0 Å². The van der Waals surface area contributed by atoms with Crippen LogP contribution in [0.4, 0.5) is 0 Å². The summed E-state index contributed by atoms with van der Waals surface area (Å²) < 4.78 is 29.2. The summed E-state index contributed by atoms with van der Waals surface area (Å²) >= 11 is 0. The van der Waals surface area contributed by atoms with Gasteiger partial charge in [0.05, 0.1) is 10.9 Å². The Balaban J connectivity index is 1.44. The maximum Gasteiger partial charge on any atom is 0.240 e. The highest BCUT2D eigenvalue weighted by molar-refractivity contribution is 7.89. The van der Waals surface area contributed by atoms with Crippen molar-refractivity contribution in [3.63, 3.8) is 0 Å². The molecular formula is C32H33N2O2PS. The number of rotatable bonds is 8. The Morgan fingerprint density at radius 3 is 2.00 bits per heavy atom. The SMILES string of the molecule is Cc1ccc(S(=O)(=O)N[C@@H]2CCCC[C@H]2N=Cc2ccccc2P(c2ccccc2)c2ccccc2)cc1. The lowest BCUT2D eigenvalue weighted by Gasteiger charge is -2.29. The van der Waals surface area contributed by atoms with Gasteiger partial charge in [-0.3, -0.25) is 4.99 Å². The zero-order valence-corrected chi connectivity index (χ0v) is 23.3. The molecule has 38 heavy (non-hydrogen) atoms. The lowest BCUT2D eigenvalue weighted by Crippen LogP contribution is -2.44. The number of nitrogens with zero attached hydrogens (tertiary/aromatic N) is 1. The fourth-order valence-electron chi connectivity index (χ4n) is 4.97. The fraction of sp³-hybridized carbons (Fsp3) is 0.219. The van der Waals surface area contributed by atoms with Gasteiger partial charge in [0.1, 0.15) is 0 Å². The van der Waals surface area contributed by atoms with E-state index in [1.54, 1.807) is 12.1 Å². The molecule has 0 heterocycles. The molecule has 1 saturated carbocycles. The van der Waals surface area contributed by atoms with E-state index in [4.69, 9.17) is 4.99 Å². The summed E-state index contributed by atoms with van der Waals surface area (Å²) in [6, 6.07) is 36.4. The number of sulfonamides is 1.